The van der Waals surface area contributed by atoms with E-state index >= 15 is 0 Å². The van der Waals surface area contributed by atoms with Crippen molar-refractivity contribution >= 4 is 22.4 Å². The Morgan fingerprint density at radius 2 is 1.94 bits per heavy atom. The number of carbonyl (C=O) groups is 1. The number of aliphatic hydroxyl groups is 1. The molecule has 102 valence electrons. The van der Waals surface area contributed by atoms with Crippen LogP contribution in [0, 0.1) is 0 Å². The fourth-order valence-corrected chi connectivity index (χ4v) is 3.02. The highest BCUT2D eigenvalue weighted by molar-refractivity contribution is 6.74. The molecule has 0 bridgehead atoms. The van der Waals surface area contributed by atoms with Gasteiger partial charge in [-0.25, -0.2) is 0 Å². The summed E-state index contributed by atoms with van der Waals surface area (Å²) in [6.45, 7) is 12.0. The molecule has 1 aliphatic heterocycles. The van der Waals surface area contributed by atoms with E-state index in [1.165, 1.54) is 0 Å². The maximum absolute atomic E-state index is 11.0. The van der Waals surface area contributed by atoms with Gasteiger partial charge in [-0.15, -0.1) is 0 Å². The summed E-state index contributed by atoms with van der Waals surface area (Å²) in [7, 11) is 3.60. The summed E-state index contributed by atoms with van der Waals surface area (Å²) in [5.41, 5.74) is -1.35. The first-order valence-electron chi connectivity index (χ1n) is 6.20. The summed E-state index contributed by atoms with van der Waals surface area (Å²) >= 11 is 0. The quantitative estimate of drug-likeness (QED) is 0.619. The normalized spacial score (nSPS) is 37.8. The van der Waals surface area contributed by atoms with Gasteiger partial charge in [-0.1, -0.05) is 20.8 Å². The molecule has 1 fully saturated rings. The van der Waals surface area contributed by atoms with Crippen LogP contribution in [0.1, 0.15) is 27.7 Å². The molecule has 0 aromatic carbocycles. The van der Waals surface area contributed by atoms with Gasteiger partial charge < -0.3 is 19.1 Å². The monoisotopic (exact) mass is 270 g/mol. The second kappa shape index (κ2) is 4.74. The van der Waals surface area contributed by atoms with E-state index in [1.54, 1.807) is 6.92 Å². The molecular weight excluding hydrogens is 247 g/mol. The number of ether oxygens (including phenoxy) is 1. The van der Waals surface area contributed by atoms with Gasteiger partial charge in [-0.2, -0.15) is 0 Å². The number of rotatable bonds is 3. The third-order valence-corrected chi connectivity index (χ3v) is 8.57. The largest absolute Gasteiger partial charge is 0.408 e. The molecule has 6 heteroatoms. The molecule has 0 aromatic rings. The third kappa shape index (κ3) is 2.71. The van der Waals surface area contributed by atoms with Crippen molar-refractivity contribution in [2.45, 2.75) is 69.6 Å². The van der Waals surface area contributed by atoms with Crippen LogP contribution in [0.15, 0.2) is 0 Å². The van der Waals surface area contributed by atoms with Crippen LogP contribution in [-0.4, -0.2) is 51.4 Å². The topological polar surface area (TPSA) is 55.8 Å². The number of hydrogen-bond acceptors (Lipinski definition) is 4. The fraction of sp³-hybridized carbons (Fsp3) is 0.917. The molecular formula is C12H23BO4Si. The summed E-state index contributed by atoms with van der Waals surface area (Å²) in [5, 5.41) is 10.3. The molecule has 0 aliphatic carbocycles. The molecule has 1 heterocycles. The smallest absolute Gasteiger partial charge is 0.192 e. The van der Waals surface area contributed by atoms with Gasteiger partial charge in [0, 0.05) is 6.00 Å². The van der Waals surface area contributed by atoms with Crippen molar-refractivity contribution in [3.63, 3.8) is 0 Å². The Bertz CT molecular complexity index is 325. The van der Waals surface area contributed by atoms with Crippen molar-refractivity contribution in [1.82, 2.24) is 0 Å². The van der Waals surface area contributed by atoms with Crippen LogP contribution in [0.4, 0.5) is 0 Å². The molecule has 1 N–H and O–H groups in total. The molecule has 1 rings (SSSR count). The second-order valence-electron chi connectivity index (χ2n) is 6.68. The van der Waals surface area contributed by atoms with Gasteiger partial charge in [0.15, 0.2) is 14.6 Å². The molecule has 18 heavy (non-hydrogen) atoms. The van der Waals surface area contributed by atoms with Crippen LogP contribution in [0.25, 0.3) is 0 Å². The van der Waals surface area contributed by atoms with Crippen LogP contribution in [0.3, 0.4) is 0 Å². The van der Waals surface area contributed by atoms with Gasteiger partial charge in [0.05, 0.1) is 0 Å². The Morgan fingerprint density at radius 1 is 1.44 bits per heavy atom. The summed E-state index contributed by atoms with van der Waals surface area (Å²) < 4.78 is 11.4. The van der Waals surface area contributed by atoms with E-state index in [2.05, 4.69) is 33.9 Å². The Labute approximate surface area is 112 Å². The zero-order chi connectivity index (χ0) is 14.4. The van der Waals surface area contributed by atoms with Crippen molar-refractivity contribution in [3.05, 3.63) is 0 Å². The first-order chi connectivity index (χ1) is 7.93. The molecule has 4 atom stereocenters. The van der Waals surface area contributed by atoms with Gasteiger partial charge in [0.25, 0.3) is 0 Å². The van der Waals surface area contributed by atoms with Crippen LogP contribution >= 0.6 is 0 Å². The molecule has 0 spiro atoms. The molecule has 0 saturated carbocycles. The first kappa shape index (κ1) is 15.9. The average Bonchev–Trinajstić information content (AvgIpc) is 2.39. The lowest BCUT2D eigenvalue weighted by Gasteiger charge is -2.41. The summed E-state index contributed by atoms with van der Waals surface area (Å²) in [6.07, 6.45) is -0.853. The highest BCUT2D eigenvalue weighted by Gasteiger charge is 2.54. The maximum atomic E-state index is 11.0. The lowest BCUT2D eigenvalue weighted by molar-refractivity contribution is -0.119. The van der Waals surface area contributed by atoms with E-state index < -0.39 is 32.1 Å². The third-order valence-electron chi connectivity index (χ3n) is 4.12. The van der Waals surface area contributed by atoms with Gasteiger partial charge >= 0.3 is 0 Å². The molecule has 0 aromatic heterocycles. The summed E-state index contributed by atoms with van der Waals surface area (Å²) in [5.74, 6) is 0. The Kier molecular flexibility index (Phi) is 4.18. The van der Waals surface area contributed by atoms with Crippen LogP contribution < -0.4 is 0 Å². The minimum absolute atomic E-state index is 0.0107. The Balaban J connectivity index is 2.97. The van der Waals surface area contributed by atoms with Crippen molar-refractivity contribution in [3.8, 4) is 0 Å². The second-order valence-corrected chi connectivity index (χ2v) is 11.4. The van der Waals surface area contributed by atoms with Gasteiger partial charge in [-0.3, -0.25) is 0 Å². The minimum Gasteiger partial charge on any atom is -0.408 e. The van der Waals surface area contributed by atoms with Crippen molar-refractivity contribution in [2.75, 3.05) is 0 Å². The minimum atomic E-state index is -2.10. The standard InChI is InChI=1S/C12H23BO4Si/c1-11(2,3)18(5,6)17-9-8(7-14)16-10(13)12(9,4)15/h7-10,15H,1-6H3/t8-,9+,10-,12?/m1/s1. The fourth-order valence-electron chi connectivity index (χ4n) is 1.66. The lowest BCUT2D eigenvalue weighted by atomic mass is 9.82. The summed E-state index contributed by atoms with van der Waals surface area (Å²) in [4.78, 5) is 11.0. The van der Waals surface area contributed by atoms with E-state index in [9.17, 15) is 9.90 Å². The maximum Gasteiger partial charge on any atom is 0.192 e. The highest BCUT2D eigenvalue weighted by Crippen LogP contribution is 2.41. The van der Waals surface area contributed by atoms with E-state index in [0.29, 0.717) is 6.29 Å². The van der Waals surface area contributed by atoms with Gasteiger partial charge in [0.2, 0.25) is 0 Å². The van der Waals surface area contributed by atoms with Crippen LogP contribution in [0.2, 0.25) is 18.1 Å². The zero-order valence-corrected chi connectivity index (χ0v) is 13.1. The molecule has 2 radical (unpaired) electrons. The predicted molar refractivity (Wildman–Crippen MR) is 73.2 cm³/mol. The Hall–Kier alpha value is -0.168. The van der Waals surface area contributed by atoms with Gasteiger partial charge in [-0.05, 0) is 25.1 Å². The SMILES string of the molecule is [B][C@@H]1O[C@H](C=O)[C@H](O[Si](C)(C)C(C)(C)C)C1(C)O. The van der Waals surface area contributed by atoms with Crippen LogP contribution in [-0.2, 0) is 14.0 Å². The van der Waals surface area contributed by atoms with E-state index in [1.807, 2.05) is 0 Å². The number of carbonyl (C=O) groups excluding carboxylic acids is 1. The Morgan fingerprint density at radius 3 is 2.33 bits per heavy atom. The molecule has 1 unspecified atom stereocenters. The average molecular weight is 270 g/mol. The molecule has 1 aliphatic rings. The number of aldehydes is 1. The molecule has 4 nitrogen and oxygen atoms in total. The summed E-state index contributed by atoms with van der Waals surface area (Å²) in [6, 6.07) is -0.900. The highest BCUT2D eigenvalue weighted by atomic mass is 28.4. The number of hydrogen-bond donors (Lipinski definition) is 1. The van der Waals surface area contributed by atoms with E-state index in [4.69, 9.17) is 17.0 Å². The van der Waals surface area contributed by atoms with Crippen LogP contribution in [0.5, 0.6) is 0 Å². The van der Waals surface area contributed by atoms with Gasteiger partial charge in [0.1, 0.15) is 25.7 Å². The lowest BCUT2D eigenvalue weighted by Crippen LogP contribution is -2.54. The van der Waals surface area contributed by atoms with E-state index in [0.717, 1.165) is 0 Å². The first-order valence-corrected chi connectivity index (χ1v) is 9.11. The van der Waals surface area contributed by atoms with Crippen molar-refractivity contribution in [1.29, 1.82) is 0 Å². The van der Waals surface area contributed by atoms with Crippen molar-refractivity contribution < 1.29 is 19.1 Å². The molecule has 0 amide bonds. The predicted octanol–water partition coefficient (Wildman–Crippen LogP) is 1.22. The molecule has 1 saturated heterocycles. The van der Waals surface area contributed by atoms with Crippen molar-refractivity contribution in [2.24, 2.45) is 0 Å². The van der Waals surface area contributed by atoms with E-state index in [-0.39, 0.29) is 5.04 Å². The zero-order valence-electron chi connectivity index (χ0n) is 12.1.